The van der Waals surface area contributed by atoms with Crippen LogP contribution in [0.4, 0.5) is 0 Å². The highest BCUT2D eigenvalue weighted by Gasteiger charge is 2.23. The first-order valence-corrected chi connectivity index (χ1v) is 8.19. The highest BCUT2D eigenvalue weighted by molar-refractivity contribution is 5.96. The number of ether oxygens (including phenoxy) is 1. The lowest BCUT2D eigenvalue weighted by Gasteiger charge is -2.32. The van der Waals surface area contributed by atoms with Crippen molar-refractivity contribution in [3.05, 3.63) is 35.4 Å². The van der Waals surface area contributed by atoms with E-state index >= 15 is 0 Å². The second-order valence-corrected chi connectivity index (χ2v) is 6.07. The number of nitrogens with zero attached hydrogens (tertiary/aromatic N) is 3. The fourth-order valence-electron chi connectivity index (χ4n) is 3.10. The van der Waals surface area contributed by atoms with Gasteiger partial charge in [0.15, 0.2) is 5.96 Å². The quantitative estimate of drug-likeness (QED) is 0.659. The molecule has 0 saturated carbocycles. The van der Waals surface area contributed by atoms with E-state index in [1.165, 1.54) is 0 Å². The molecular weight excluding hydrogens is 292 g/mol. The molecule has 1 aromatic carbocycles. The van der Waals surface area contributed by atoms with Crippen LogP contribution in [-0.2, 0) is 11.2 Å². The minimum Gasteiger partial charge on any atom is -0.375 e. The summed E-state index contributed by atoms with van der Waals surface area (Å²) in [5.41, 5.74) is 8.01. The molecule has 2 N–H and O–H groups in total. The normalized spacial score (nSPS) is 22.2. The molecule has 6 heteroatoms. The van der Waals surface area contributed by atoms with Crippen molar-refractivity contribution in [1.82, 2.24) is 9.80 Å². The Kier molecular flexibility index (Phi) is 4.81. The number of hydrogen-bond acceptors (Lipinski definition) is 3. The predicted octanol–water partition coefficient (Wildman–Crippen LogP) is 0.720. The van der Waals surface area contributed by atoms with Gasteiger partial charge in [-0.25, -0.2) is 0 Å². The number of hydrogen-bond donors (Lipinski definition) is 1. The number of guanidine groups is 1. The predicted molar refractivity (Wildman–Crippen MR) is 89.5 cm³/mol. The zero-order chi connectivity index (χ0) is 16.2. The lowest BCUT2D eigenvalue weighted by molar-refractivity contribution is 0.00529. The Morgan fingerprint density at radius 3 is 3.04 bits per heavy atom. The Morgan fingerprint density at radius 1 is 1.39 bits per heavy atom. The maximum absolute atomic E-state index is 12.5. The van der Waals surface area contributed by atoms with Gasteiger partial charge in [0.1, 0.15) is 0 Å². The Bertz CT molecular complexity index is 602. The molecule has 6 nitrogen and oxygen atoms in total. The molecule has 2 aliphatic rings. The number of aliphatic imine (C=N–C) groups is 1. The zero-order valence-corrected chi connectivity index (χ0v) is 13.6. The number of nitrogens with two attached hydrogens (primary N) is 1. The molecule has 0 aromatic heterocycles. The van der Waals surface area contributed by atoms with Crippen LogP contribution in [-0.4, -0.2) is 67.1 Å². The van der Waals surface area contributed by atoms with Crippen molar-refractivity contribution < 1.29 is 9.53 Å². The van der Waals surface area contributed by atoms with E-state index in [1.807, 2.05) is 41.0 Å². The molecule has 0 aliphatic carbocycles. The zero-order valence-electron chi connectivity index (χ0n) is 13.6. The number of benzene rings is 1. The first-order valence-electron chi connectivity index (χ1n) is 8.19. The Balaban J connectivity index is 1.55. The van der Waals surface area contributed by atoms with Crippen LogP contribution in [0.25, 0.3) is 0 Å². The largest absolute Gasteiger partial charge is 0.375 e. The molecule has 0 bridgehead atoms. The van der Waals surface area contributed by atoms with Gasteiger partial charge in [0.25, 0.3) is 5.91 Å². The van der Waals surface area contributed by atoms with Crippen LogP contribution in [0.2, 0.25) is 0 Å². The van der Waals surface area contributed by atoms with Gasteiger partial charge in [0, 0.05) is 31.7 Å². The van der Waals surface area contributed by atoms with Crippen molar-refractivity contribution >= 4 is 11.9 Å². The summed E-state index contributed by atoms with van der Waals surface area (Å²) in [6, 6.07) is 7.82. The highest BCUT2D eigenvalue weighted by atomic mass is 16.5. The van der Waals surface area contributed by atoms with Gasteiger partial charge in [-0.15, -0.1) is 0 Å². The number of morpholine rings is 1. The van der Waals surface area contributed by atoms with Crippen LogP contribution in [0, 0.1) is 0 Å². The molecule has 23 heavy (non-hydrogen) atoms. The minimum absolute atomic E-state index is 0.0978. The molecular formula is C17H24N4O2. The molecule has 2 aliphatic heterocycles. The molecule has 1 aromatic rings. The van der Waals surface area contributed by atoms with Crippen LogP contribution in [0.1, 0.15) is 22.8 Å². The van der Waals surface area contributed by atoms with Gasteiger partial charge >= 0.3 is 0 Å². The Morgan fingerprint density at radius 2 is 2.22 bits per heavy atom. The maximum atomic E-state index is 12.5. The van der Waals surface area contributed by atoms with Gasteiger partial charge in [0.2, 0.25) is 0 Å². The van der Waals surface area contributed by atoms with E-state index in [1.54, 1.807) is 0 Å². The van der Waals surface area contributed by atoms with Crippen LogP contribution in [0.5, 0.6) is 0 Å². The van der Waals surface area contributed by atoms with Crippen molar-refractivity contribution in [3.63, 3.8) is 0 Å². The molecule has 1 amide bonds. The third-order valence-corrected chi connectivity index (χ3v) is 4.39. The Labute approximate surface area is 136 Å². The number of carbonyl (C=O) groups excluding carboxylic acids is 1. The second kappa shape index (κ2) is 7.00. The third-order valence-electron chi connectivity index (χ3n) is 4.39. The highest BCUT2D eigenvalue weighted by Crippen LogP contribution is 2.18. The van der Waals surface area contributed by atoms with Crippen LogP contribution in [0.3, 0.4) is 0 Å². The summed E-state index contributed by atoms with van der Waals surface area (Å²) < 4.78 is 5.50. The third kappa shape index (κ3) is 3.64. The number of fused-ring (bicyclic) bond motifs is 1. The van der Waals surface area contributed by atoms with Crippen LogP contribution < -0.4 is 5.73 Å². The topological polar surface area (TPSA) is 71.2 Å². The van der Waals surface area contributed by atoms with Crippen molar-refractivity contribution in [3.8, 4) is 0 Å². The van der Waals surface area contributed by atoms with Gasteiger partial charge in [-0.1, -0.05) is 18.2 Å². The van der Waals surface area contributed by atoms with Gasteiger partial charge < -0.3 is 20.3 Å². The summed E-state index contributed by atoms with van der Waals surface area (Å²) >= 11 is 0. The van der Waals surface area contributed by atoms with Crippen molar-refractivity contribution in [2.75, 3.05) is 39.3 Å². The molecule has 0 radical (unpaired) electrons. The lowest BCUT2D eigenvalue weighted by Crippen LogP contribution is -2.48. The standard InChI is InChI=1S/C17H24N4O2/c1-13-12-21(10-11-23-13)17(18)19-7-9-20-8-6-14-4-2-3-5-15(14)16(20)22/h2-5,13H,6-12H2,1H3,(H2,18,19). The maximum Gasteiger partial charge on any atom is 0.254 e. The van der Waals surface area contributed by atoms with Crippen molar-refractivity contribution in [2.45, 2.75) is 19.4 Å². The number of amides is 1. The van der Waals surface area contributed by atoms with E-state index in [2.05, 4.69) is 4.99 Å². The first-order chi connectivity index (χ1) is 11.1. The van der Waals surface area contributed by atoms with E-state index in [0.717, 1.165) is 37.2 Å². The number of carbonyl (C=O) groups is 1. The number of rotatable bonds is 3. The van der Waals surface area contributed by atoms with Crippen LogP contribution in [0.15, 0.2) is 29.3 Å². The lowest BCUT2D eigenvalue weighted by atomic mass is 9.99. The van der Waals surface area contributed by atoms with Gasteiger partial charge in [-0.2, -0.15) is 0 Å². The molecule has 3 rings (SSSR count). The molecule has 1 unspecified atom stereocenters. The summed E-state index contributed by atoms with van der Waals surface area (Å²) in [5, 5.41) is 0. The van der Waals surface area contributed by atoms with Gasteiger partial charge in [0.05, 0.1) is 19.3 Å². The molecule has 0 spiro atoms. The molecule has 2 heterocycles. The smallest absolute Gasteiger partial charge is 0.254 e. The van der Waals surface area contributed by atoms with Crippen molar-refractivity contribution in [1.29, 1.82) is 0 Å². The summed E-state index contributed by atoms with van der Waals surface area (Å²) in [7, 11) is 0. The fourth-order valence-corrected chi connectivity index (χ4v) is 3.10. The minimum atomic E-state index is 0.0978. The molecule has 1 atom stereocenters. The fraction of sp³-hybridized carbons (Fsp3) is 0.529. The van der Waals surface area contributed by atoms with Crippen LogP contribution >= 0.6 is 0 Å². The first kappa shape index (κ1) is 15.8. The monoisotopic (exact) mass is 316 g/mol. The summed E-state index contributed by atoms with van der Waals surface area (Å²) in [6.07, 6.45) is 1.08. The summed E-state index contributed by atoms with van der Waals surface area (Å²) in [4.78, 5) is 20.8. The van der Waals surface area contributed by atoms with E-state index in [0.29, 0.717) is 25.7 Å². The molecule has 1 fully saturated rings. The van der Waals surface area contributed by atoms with E-state index in [-0.39, 0.29) is 12.0 Å². The Hall–Kier alpha value is -2.08. The van der Waals surface area contributed by atoms with E-state index in [4.69, 9.17) is 10.5 Å². The van der Waals surface area contributed by atoms with E-state index in [9.17, 15) is 4.79 Å². The SMILES string of the molecule is CC1CN(C(N)=NCCN2CCc3ccccc3C2=O)CCO1. The summed E-state index contributed by atoms with van der Waals surface area (Å²) in [5.74, 6) is 0.644. The summed E-state index contributed by atoms with van der Waals surface area (Å²) in [6.45, 7) is 6.14. The molecule has 1 saturated heterocycles. The van der Waals surface area contributed by atoms with Gasteiger partial charge in [-0.05, 0) is 25.0 Å². The van der Waals surface area contributed by atoms with Crippen molar-refractivity contribution in [2.24, 2.45) is 10.7 Å². The average Bonchev–Trinajstić information content (AvgIpc) is 2.57. The van der Waals surface area contributed by atoms with E-state index < -0.39 is 0 Å². The average molecular weight is 316 g/mol. The van der Waals surface area contributed by atoms with Gasteiger partial charge in [-0.3, -0.25) is 9.79 Å². The molecule has 124 valence electrons. The second-order valence-electron chi connectivity index (χ2n) is 6.07.